The first-order chi connectivity index (χ1) is 12.3. The number of ketones is 1. The highest BCUT2D eigenvalue weighted by Gasteiger charge is 2.16. The lowest BCUT2D eigenvalue weighted by molar-refractivity contribution is -0.384. The van der Waals surface area contributed by atoms with Gasteiger partial charge in [0, 0.05) is 30.0 Å². The topological polar surface area (TPSA) is 98.5 Å². The maximum absolute atomic E-state index is 12.3. The van der Waals surface area contributed by atoms with Gasteiger partial charge in [-0.05, 0) is 24.3 Å². The minimum atomic E-state index is -0.589. The molecule has 0 aromatic heterocycles. The molecule has 0 spiro atoms. The number of benzene rings is 2. The molecule has 0 radical (unpaired) electrons. The number of hydrogen-bond donors (Lipinski definition) is 1. The van der Waals surface area contributed by atoms with Crippen molar-refractivity contribution in [3.8, 4) is 5.75 Å². The molecule has 0 fully saturated rings. The third-order valence-corrected chi connectivity index (χ3v) is 4.03. The van der Waals surface area contributed by atoms with E-state index < -0.39 is 10.8 Å². The molecular formula is C17H14Cl2N2O5. The quantitative estimate of drug-likeness (QED) is 0.421. The van der Waals surface area contributed by atoms with E-state index in [1.165, 1.54) is 25.3 Å². The van der Waals surface area contributed by atoms with Crippen LogP contribution in [0.4, 0.5) is 11.4 Å². The standard InChI is InChI=1S/C17H14Cl2N2O5/c1-26-16-6-2-10(18)8-12(16)15(22)5-7-17(23)20-14-4-3-11(21(24)25)9-13(14)19/h2-4,6,8-9H,5,7H2,1H3,(H,20,23). The van der Waals surface area contributed by atoms with Crippen LogP contribution in [0.3, 0.4) is 0 Å². The van der Waals surface area contributed by atoms with Crippen LogP contribution >= 0.6 is 23.2 Å². The molecule has 0 saturated carbocycles. The normalized spacial score (nSPS) is 10.3. The Morgan fingerprint density at radius 3 is 2.50 bits per heavy atom. The highest BCUT2D eigenvalue weighted by atomic mass is 35.5. The van der Waals surface area contributed by atoms with Gasteiger partial charge in [-0.25, -0.2) is 0 Å². The van der Waals surface area contributed by atoms with Gasteiger partial charge in [-0.3, -0.25) is 19.7 Å². The van der Waals surface area contributed by atoms with Gasteiger partial charge in [0.1, 0.15) is 5.75 Å². The van der Waals surface area contributed by atoms with Crippen molar-refractivity contribution in [3.05, 3.63) is 62.1 Å². The summed E-state index contributed by atoms with van der Waals surface area (Å²) in [5, 5.41) is 13.6. The molecule has 2 rings (SSSR count). The first-order valence-corrected chi connectivity index (χ1v) is 8.18. The highest BCUT2D eigenvalue weighted by molar-refractivity contribution is 6.34. The fourth-order valence-corrected chi connectivity index (χ4v) is 2.59. The van der Waals surface area contributed by atoms with Crippen LogP contribution in [0.25, 0.3) is 0 Å². The Labute approximate surface area is 159 Å². The summed E-state index contributed by atoms with van der Waals surface area (Å²) < 4.78 is 5.12. The minimum absolute atomic E-state index is 0.0374. The van der Waals surface area contributed by atoms with Crippen LogP contribution in [0.2, 0.25) is 10.0 Å². The van der Waals surface area contributed by atoms with E-state index in [4.69, 9.17) is 27.9 Å². The fraction of sp³-hybridized carbons (Fsp3) is 0.176. The summed E-state index contributed by atoms with van der Waals surface area (Å²) in [5.41, 5.74) is 0.340. The number of rotatable bonds is 7. The zero-order chi connectivity index (χ0) is 19.3. The number of amides is 1. The SMILES string of the molecule is COc1ccc(Cl)cc1C(=O)CCC(=O)Nc1ccc([N+](=O)[O-])cc1Cl. The van der Waals surface area contributed by atoms with E-state index in [1.54, 1.807) is 12.1 Å². The van der Waals surface area contributed by atoms with Crippen molar-refractivity contribution in [1.82, 2.24) is 0 Å². The van der Waals surface area contributed by atoms with E-state index in [0.29, 0.717) is 16.3 Å². The van der Waals surface area contributed by atoms with E-state index in [-0.39, 0.29) is 35.0 Å². The summed E-state index contributed by atoms with van der Waals surface area (Å²) in [6, 6.07) is 8.35. The summed E-state index contributed by atoms with van der Waals surface area (Å²) >= 11 is 11.8. The number of nitro groups is 1. The molecule has 0 aliphatic heterocycles. The third kappa shape index (κ3) is 4.93. The van der Waals surface area contributed by atoms with Crippen LogP contribution in [0.5, 0.6) is 5.75 Å². The monoisotopic (exact) mass is 396 g/mol. The maximum Gasteiger partial charge on any atom is 0.271 e. The van der Waals surface area contributed by atoms with Gasteiger partial charge in [-0.2, -0.15) is 0 Å². The van der Waals surface area contributed by atoms with Crippen LogP contribution in [0.1, 0.15) is 23.2 Å². The second-order valence-corrected chi connectivity index (χ2v) is 6.08. The molecule has 0 aliphatic carbocycles. The van der Waals surface area contributed by atoms with E-state index >= 15 is 0 Å². The Morgan fingerprint density at radius 1 is 1.15 bits per heavy atom. The van der Waals surface area contributed by atoms with Crippen LogP contribution in [-0.2, 0) is 4.79 Å². The molecule has 0 aliphatic rings. The summed E-state index contributed by atoms with van der Waals surface area (Å²) in [6.07, 6.45) is -0.158. The molecule has 0 heterocycles. The maximum atomic E-state index is 12.3. The Hall–Kier alpha value is -2.64. The van der Waals surface area contributed by atoms with Gasteiger partial charge in [0.2, 0.25) is 5.91 Å². The van der Waals surface area contributed by atoms with Crippen LogP contribution in [-0.4, -0.2) is 23.7 Å². The molecule has 0 atom stereocenters. The van der Waals surface area contributed by atoms with Gasteiger partial charge in [-0.15, -0.1) is 0 Å². The lowest BCUT2D eigenvalue weighted by Crippen LogP contribution is -2.14. The van der Waals surface area contributed by atoms with Crippen molar-refractivity contribution >= 4 is 46.3 Å². The molecule has 136 valence electrons. The number of nitro benzene ring substituents is 1. The average molecular weight is 397 g/mol. The van der Waals surface area contributed by atoms with Crippen molar-refractivity contribution in [2.24, 2.45) is 0 Å². The minimum Gasteiger partial charge on any atom is -0.496 e. The van der Waals surface area contributed by atoms with Gasteiger partial charge in [0.15, 0.2) is 5.78 Å². The number of Topliss-reactive ketones (excluding diaryl/α,β-unsaturated/α-hetero) is 1. The number of non-ortho nitro benzene ring substituents is 1. The van der Waals surface area contributed by atoms with Gasteiger partial charge in [0.05, 0.1) is 28.3 Å². The predicted molar refractivity (Wildman–Crippen MR) is 98.3 cm³/mol. The first-order valence-electron chi connectivity index (χ1n) is 7.42. The number of nitrogens with one attached hydrogen (secondary N) is 1. The zero-order valence-electron chi connectivity index (χ0n) is 13.6. The van der Waals surface area contributed by atoms with E-state index in [0.717, 1.165) is 6.07 Å². The number of carbonyl (C=O) groups excluding carboxylic acids is 2. The second kappa shape index (κ2) is 8.64. The zero-order valence-corrected chi connectivity index (χ0v) is 15.1. The number of anilines is 1. The number of nitrogens with zero attached hydrogens (tertiary/aromatic N) is 1. The molecule has 2 aromatic rings. The molecular weight excluding hydrogens is 383 g/mol. The molecule has 2 aromatic carbocycles. The summed E-state index contributed by atoms with van der Waals surface area (Å²) in [4.78, 5) is 34.4. The molecule has 26 heavy (non-hydrogen) atoms. The van der Waals surface area contributed by atoms with Crippen LogP contribution < -0.4 is 10.1 Å². The number of methoxy groups -OCH3 is 1. The number of hydrogen-bond acceptors (Lipinski definition) is 5. The second-order valence-electron chi connectivity index (χ2n) is 5.24. The Kier molecular flexibility index (Phi) is 6.54. The van der Waals surface area contributed by atoms with Crippen molar-refractivity contribution in [2.45, 2.75) is 12.8 Å². The average Bonchev–Trinajstić information content (AvgIpc) is 2.61. The third-order valence-electron chi connectivity index (χ3n) is 3.48. The lowest BCUT2D eigenvalue weighted by atomic mass is 10.1. The summed E-state index contributed by atoms with van der Waals surface area (Å²) in [6.45, 7) is 0. The molecule has 0 bridgehead atoms. The number of ether oxygens (including phenoxy) is 1. The lowest BCUT2D eigenvalue weighted by Gasteiger charge is -2.09. The Morgan fingerprint density at radius 2 is 1.88 bits per heavy atom. The van der Waals surface area contributed by atoms with Crippen molar-refractivity contribution in [3.63, 3.8) is 0 Å². The van der Waals surface area contributed by atoms with Gasteiger partial charge >= 0.3 is 0 Å². The largest absolute Gasteiger partial charge is 0.496 e. The Balaban J connectivity index is 2.00. The van der Waals surface area contributed by atoms with Crippen molar-refractivity contribution < 1.29 is 19.2 Å². The summed E-state index contributed by atoms with van der Waals surface area (Å²) in [7, 11) is 1.43. The molecule has 0 unspecified atom stereocenters. The highest BCUT2D eigenvalue weighted by Crippen LogP contribution is 2.27. The summed E-state index contributed by atoms with van der Waals surface area (Å²) in [5.74, 6) is -0.373. The fourth-order valence-electron chi connectivity index (χ4n) is 2.19. The predicted octanol–water partition coefficient (Wildman–Crippen LogP) is 4.51. The molecule has 1 N–H and O–H groups in total. The van der Waals surface area contributed by atoms with Crippen LogP contribution in [0.15, 0.2) is 36.4 Å². The van der Waals surface area contributed by atoms with Crippen molar-refractivity contribution in [1.29, 1.82) is 0 Å². The first kappa shape index (κ1) is 19.7. The van der Waals surface area contributed by atoms with Gasteiger partial charge < -0.3 is 10.1 Å². The van der Waals surface area contributed by atoms with E-state index in [9.17, 15) is 19.7 Å². The molecule has 9 heteroatoms. The Bertz CT molecular complexity index is 870. The van der Waals surface area contributed by atoms with Gasteiger partial charge in [-0.1, -0.05) is 23.2 Å². The van der Waals surface area contributed by atoms with Crippen LogP contribution in [0, 0.1) is 10.1 Å². The van der Waals surface area contributed by atoms with E-state index in [1.807, 2.05) is 0 Å². The molecule has 1 amide bonds. The molecule has 7 nitrogen and oxygen atoms in total. The smallest absolute Gasteiger partial charge is 0.271 e. The van der Waals surface area contributed by atoms with Gasteiger partial charge in [0.25, 0.3) is 5.69 Å². The number of halogens is 2. The molecule has 0 saturated heterocycles. The number of carbonyl (C=O) groups is 2. The van der Waals surface area contributed by atoms with Crippen molar-refractivity contribution in [2.75, 3.05) is 12.4 Å². The van der Waals surface area contributed by atoms with E-state index in [2.05, 4.69) is 5.32 Å².